The summed E-state index contributed by atoms with van der Waals surface area (Å²) < 4.78 is -1.43. The second-order valence-electron chi connectivity index (χ2n) is 7.74. The molecule has 1 heterocycles. The number of anilines is 1. The molecule has 1 aromatic rings. The molecule has 0 spiro atoms. The van der Waals surface area contributed by atoms with E-state index in [1.807, 2.05) is 6.07 Å². The van der Waals surface area contributed by atoms with Gasteiger partial charge in [-0.05, 0) is 25.0 Å². The first-order valence-corrected chi connectivity index (χ1v) is 12.0. The second-order valence-corrected chi connectivity index (χ2v) is 9.22. The lowest BCUT2D eigenvalue weighted by Crippen LogP contribution is -2.43. The number of halogens is 2. The van der Waals surface area contributed by atoms with Crippen LogP contribution in [0.3, 0.4) is 0 Å². The molecule has 3 nitrogen and oxygen atoms in total. The minimum atomic E-state index is -1.43. The van der Waals surface area contributed by atoms with Crippen molar-refractivity contribution < 1.29 is 4.79 Å². The van der Waals surface area contributed by atoms with Crippen molar-refractivity contribution in [3.63, 3.8) is 0 Å². The van der Waals surface area contributed by atoms with Crippen LogP contribution in [0, 0.1) is 0 Å². The summed E-state index contributed by atoms with van der Waals surface area (Å²) >= 11 is 12.8. The highest BCUT2D eigenvalue weighted by atomic mass is 35.5. The number of aromatic nitrogens is 1. The highest BCUT2D eigenvalue weighted by Crippen LogP contribution is 2.32. The molecule has 0 N–H and O–H groups in total. The molecule has 0 aliphatic rings. The minimum absolute atomic E-state index is 0.329. The van der Waals surface area contributed by atoms with Gasteiger partial charge < -0.3 is 0 Å². The number of rotatable bonds is 17. The van der Waals surface area contributed by atoms with E-state index in [1.165, 1.54) is 69.1 Å². The van der Waals surface area contributed by atoms with Gasteiger partial charge >= 0.3 is 0 Å². The second kappa shape index (κ2) is 15.7. The van der Waals surface area contributed by atoms with E-state index in [2.05, 4.69) is 18.5 Å². The summed E-state index contributed by atoms with van der Waals surface area (Å²) in [7, 11) is 0. The summed E-state index contributed by atoms with van der Waals surface area (Å²) in [6.45, 7) is 6.30. The molecule has 0 aliphatic heterocycles. The number of alkyl halides is 2. The van der Waals surface area contributed by atoms with Crippen LogP contribution in [0.15, 0.2) is 37.1 Å². The van der Waals surface area contributed by atoms with Crippen molar-refractivity contribution in [3.05, 3.63) is 37.1 Å². The molecular formula is C24H38Cl2N2O. The topological polar surface area (TPSA) is 33.2 Å². The molecule has 0 fully saturated rings. The lowest BCUT2D eigenvalue weighted by atomic mass is 10.0. The van der Waals surface area contributed by atoms with E-state index in [9.17, 15) is 4.79 Å². The van der Waals surface area contributed by atoms with Gasteiger partial charge in [-0.25, -0.2) is 4.98 Å². The van der Waals surface area contributed by atoms with Crippen LogP contribution in [-0.2, 0) is 4.79 Å². The molecule has 1 rings (SSSR count). The molecule has 0 atom stereocenters. The zero-order valence-electron chi connectivity index (χ0n) is 18.1. The average molecular weight is 441 g/mol. The minimum Gasteiger partial charge on any atom is -0.290 e. The number of pyridine rings is 1. The van der Waals surface area contributed by atoms with E-state index >= 15 is 0 Å². The molecule has 0 saturated carbocycles. The van der Waals surface area contributed by atoms with Crippen LogP contribution in [-0.4, -0.2) is 21.8 Å². The number of carbonyl (C=O) groups excluding carboxylic acids is 1. The third-order valence-electron chi connectivity index (χ3n) is 5.14. The van der Waals surface area contributed by atoms with Gasteiger partial charge in [0.1, 0.15) is 5.82 Å². The maximum Gasteiger partial charge on any atom is 0.264 e. The van der Waals surface area contributed by atoms with Gasteiger partial charge in [-0.1, -0.05) is 113 Å². The summed E-state index contributed by atoms with van der Waals surface area (Å²) in [5.74, 6) is 0.209. The van der Waals surface area contributed by atoms with E-state index < -0.39 is 4.33 Å². The van der Waals surface area contributed by atoms with Gasteiger partial charge in [0.15, 0.2) is 4.33 Å². The Morgan fingerprint density at radius 1 is 1.00 bits per heavy atom. The smallest absolute Gasteiger partial charge is 0.264 e. The number of hydrogen-bond donors (Lipinski definition) is 0. The maximum atomic E-state index is 12.9. The predicted octanol–water partition coefficient (Wildman–Crippen LogP) is 7.87. The Balaban J connectivity index is 2.23. The summed E-state index contributed by atoms with van der Waals surface area (Å²) in [5, 5.41) is 0. The molecule has 0 saturated heterocycles. The summed E-state index contributed by atoms with van der Waals surface area (Å²) in [5.41, 5.74) is 0. The Kier molecular flexibility index (Phi) is 14.1. The van der Waals surface area contributed by atoms with Gasteiger partial charge in [-0.2, -0.15) is 0 Å². The fourth-order valence-corrected chi connectivity index (χ4v) is 3.89. The molecule has 164 valence electrons. The molecule has 1 aromatic heterocycles. The van der Waals surface area contributed by atoms with Gasteiger partial charge in [-0.3, -0.25) is 9.69 Å². The van der Waals surface area contributed by atoms with E-state index in [0.29, 0.717) is 18.8 Å². The van der Waals surface area contributed by atoms with Crippen LogP contribution in [0.5, 0.6) is 0 Å². The Bertz CT molecular complexity index is 563. The van der Waals surface area contributed by atoms with Crippen molar-refractivity contribution in [2.75, 3.05) is 11.4 Å². The van der Waals surface area contributed by atoms with Gasteiger partial charge in [0.05, 0.1) is 0 Å². The van der Waals surface area contributed by atoms with Gasteiger partial charge in [0, 0.05) is 12.7 Å². The third-order valence-corrected chi connectivity index (χ3v) is 5.84. The fourth-order valence-electron chi connectivity index (χ4n) is 3.42. The van der Waals surface area contributed by atoms with E-state index in [0.717, 1.165) is 12.8 Å². The van der Waals surface area contributed by atoms with Gasteiger partial charge in [-0.15, -0.1) is 6.58 Å². The SMILES string of the molecule is C=CCN(C(=O)C(Cl)(Cl)CCCCCCCCCCCCCC)c1ccccn1. The predicted molar refractivity (Wildman–Crippen MR) is 127 cm³/mol. The fraction of sp³-hybridized carbons (Fsp3) is 0.667. The quantitative estimate of drug-likeness (QED) is 0.140. The lowest BCUT2D eigenvalue weighted by Gasteiger charge is -2.27. The zero-order chi connectivity index (χ0) is 21.4. The number of amides is 1. The normalized spacial score (nSPS) is 11.4. The Morgan fingerprint density at radius 2 is 1.55 bits per heavy atom. The third kappa shape index (κ3) is 11.1. The largest absolute Gasteiger partial charge is 0.290 e. The van der Waals surface area contributed by atoms with Crippen molar-refractivity contribution in [1.82, 2.24) is 4.98 Å². The molecular weight excluding hydrogens is 403 g/mol. The monoisotopic (exact) mass is 440 g/mol. The average Bonchev–Trinajstić information content (AvgIpc) is 2.73. The number of unbranched alkanes of at least 4 members (excludes halogenated alkanes) is 11. The van der Waals surface area contributed by atoms with Crippen molar-refractivity contribution in [2.45, 2.75) is 94.7 Å². The van der Waals surface area contributed by atoms with E-state index in [-0.39, 0.29) is 5.91 Å². The van der Waals surface area contributed by atoms with Gasteiger partial charge in [0.25, 0.3) is 5.91 Å². The molecule has 0 radical (unpaired) electrons. The summed E-state index contributed by atoms with van der Waals surface area (Å²) in [4.78, 5) is 18.6. The van der Waals surface area contributed by atoms with Crippen LogP contribution in [0.2, 0.25) is 0 Å². The number of carbonyl (C=O) groups is 1. The lowest BCUT2D eigenvalue weighted by molar-refractivity contribution is -0.119. The standard InChI is InChI=1S/C24H38Cl2N2O/c1-3-5-6-7-8-9-10-11-12-13-14-16-19-24(25,26)23(29)28(21-4-2)22-18-15-17-20-27-22/h4,15,17-18,20H,2-3,5-14,16,19,21H2,1H3. The van der Waals surface area contributed by atoms with Crippen LogP contribution >= 0.6 is 23.2 Å². The van der Waals surface area contributed by atoms with Crippen LogP contribution in [0.1, 0.15) is 90.4 Å². The molecule has 29 heavy (non-hydrogen) atoms. The first kappa shape index (κ1) is 26.0. The van der Waals surface area contributed by atoms with Crippen LogP contribution < -0.4 is 4.90 Å². The van der Waals surface area contributed by atoms with Crippen molar-refractivity contribution in [2.24, 2.45) is 0 Å². The van der Waals surface area contributed by atoms with E-state index in [4.69, 9.17) is 23.2 Å². The van der Waals surface area contributed by atoms with Crippen molar-refractivity contribution >= 4 is 34.9 Å². The van der Waals surface area contributed by atoms with Crippen molar-refractivity contribution in [1.29, 1.82) is 0 Å². The number of nitrogens with zero attached hydrogens (tertiary/aromatic N) is 2. The first-order valence-electron chi connectivity index (χ1n) is 11.2. The summed E-state index contributed by atoms with van der Waals surface area (Å²) in [6, 6.07) is 5.41. The molecule has 0 aliphatic carbocycles. The van der Waals surface area contributed by atoms with Gasteiger partial charge in [0.2, 0.25) is 0 Å². The molecule has 0 aromatic carbocycles. The van der Waals surface area contributed by atoms with Crippen LogP contribution in [0.25, 0.3) is 0 Å². The Hall–Kier alpha value is -1.06. The maximum absolute atomic E-state index is 12.9. The number of hydrogen-bond acceptors (Lipinski definition) is 2. The highest BCUT2D eigenvalue weighted by Gasteiger charge is 2.37. The zero-order valence-corrected chi connectivity index (χ0v) is 19.6. The molecule has 5 heteroatoms. The highest BCUT2D eigenvalue weighted by molar-refractivity contribution is 6.59. The van der Waals surface area contributed by atoms with Crippen molar-refractivity contribution in [3.8, 4) is 0 Å². The van der Waals surface area contributed by atoms with E-state index in [1.54, 1.807) is 24.4 Å². The molecule has 1 amide bonds. The summed E-state index contributed by atoms with van der Waals surface area (Å²) in [6.07, 6.45) is 18.9. The van der Waals surface area contributed by atoms with Crippen LogP contribution in [0.4, 0.5) is 5.82 Å². The molecule has 0 bridgehead atoms. The Labute approximate surface area is 187 Å². The first-order chi connectivity index (χ1) is 14.0. The molecule has 0 unspecified atom stereocenters. The Morgan fingerprint density at radius 3 is 2.03 bits per heavy atom.